The lowest BCUT2D eigenvalue weighted by Crippen LogP contribution is -2.32. The second-order valence-corrected chi connectivity index (χ2v) is 9.83. The highest BCUT2D eigenvalue weighted by Gasteiger charge is 2.32. The van der Waals surface area contributed by atoms with E-state index in [1.165, 1.54) is 0 Å². The molecule has 0 saturated carbocycles. The molecule has 0 aliphatic carbocycles. The molecule has 0 spiro atoms. The molecule has 0 fully saturated rings. The molecule has 0 atom stereocenters. The molecule has 2 amide bonds. The van der Waals surface area contributed by atoms with Gasteiger partial charge in [-0.2, -0.15) is 0 Å². The smallest absolute Gasteiger partial charge is 0.282 e. The summed E-state index contributed by atoms with van der Waals surface area (Å²) in [6.07, 6.45) is 1.76. The Morgan fingerprint density at radius 1 is 0.762 bits per heavy atom. The number of nitrogens with zero attached hydrogens (tertiary/aromatic N) is 2. The fourth-order valence-electron chi connectivity index (χ4n) is 4.59. The standard InChI is InChI=1S/C36H27N3O3/c1-25-15-19-29(20-16-25)37-35(40)28-17-21-30(22-18-28)39-34(27-10-4-2-5-11-27)38-33(36(39)41)24-26-9-8-14-32(23-26)42-31-12-6-3-7-13-31/h2-24H,1H3,(H,37,40). The molecule has 1 heterocycles. The number of carbonyl (C=O) groups excluding carboxylic acids is 2. The van der Waals surface area contributed by atoms with E-state index in [9.17, 15) is 9.59 Å². The molecule has 0 saturated heterocycles. The molecule has 6 heteroatoms. The Kier molecular flexibility index (Phi) is 7.42. The van der Waals surface area contributed by atoms with E-state index in [1.54, 1.807) is 35.2 Å². The molecule has 42 heavy (non-hydrogen) atoms. The molecule has 5 aromatic rings. The molecule has 0 bridgehead atoms. The van der Waals surface area contributed by atoms with E-state index in [4.69, 9.17) is 9.73 Å². The quantitative estimate of drug-likeness (QED) is 0.210. The lowest BCUT2D eigenvalue weighted by Gasteiger charge is -2.19. The second-order valence-electron chi connectivity index (χ2n) is 9.83. The van der Waals surface area contributed by atoms with Crippen molar-refractivity contribution >= 4 is 35.1 Å². The summed E-state index contributed by atoms with van der Waals surface area (Å²) in [4.78, 5) is 33.0. The van der Waals surface area contributed by atoms with Gasteiger partial charge in [-0.25, -0.2) is 4.99 Å². The molecule has 1 aliphatic heterocycles. The van der Waals surface area contributed by atoms with Crippen LogP contribution in [0.2, 0.25) is 0 Å². The van der Waals surface area contributed by atoms with E-state index in [0.717, 1.165) is 28.1 Å². The van der Waals surface area contributed by atoms with Crippen molar-refractivity contribution in [2.75, 3.05) is 10.2 Å². The molecule has 1 aliphatic rings. The number of rotatable bonds is 7. The summed E-state index contributed by atoms with van der Waals surface area (Å²) >= 11 is 0. The van der Waals surface area contributed by atoms with Gasteiger partial charge in [-0.3, -0.25) is 14.5 Å². The highest BCUT2D eigenvalue weighted by atomic mass is 16.5. The minimum absolute atomic E-state index is 0.228. The first kappa shape index (κ1) is 26.5. The van der Waals surface area contributed by atoms with Crippen LogP contribution < -0.4 is 15.0 Å². The summed E-state index contributed by atoms with van der Waals surface area (Å²) in [6.45, 7) is 2.00. The Morgan fingerprint density at radius 2 is 1.43 bits per heavy atom. The topological polar surface area (TPSA) is 71.0 Å². The number of anilines is 2. The predicted octanol–water partition coefficient (Wildman–Crippen LogP) is 7.87. The average Bonchev–Trinajstić information content (AvgIpc) is 3.35. The Morgan fingerprint density at radius 3 is 2.14 bits per heavy atom. The minimum atomic E-state index is -0.264. The van der Waals surface area contributed by atoms with Crippen molar-refractivity contribution < 1.29 is 14.3 Å². The van der Waals surface area contributed by atoms with Gasteiger partial charge in [-0.1, -0.05) is 78.4 Å². The number of aryl methyl sites for hydroxylation is 1. The molecule has 6 nitrogen and oxygen atoms in total. The fourth-order valence-corrected chi connectivity index (χ4v) is 4.59. The van der Waals surface area contributed by atoms with Crippen molar-refractivity contribution in [3.8, 4) is 11.5 Å². The minimum Gasteiger partial charge on any atom is -0.457 e. The van der Waals surface area contributed by atoms with Crippen LogP contribution in [0.15, 0.2) is 144 Å². The zero-order chi connectivity index (χ0) is 28.9. The molecule has 0 aromatic heterocycles. The number of aliphatic imine (C=N–C) groups is 1. The molecule has 6 rings (SSSR count). The van der Waals surface area contributed by atoms with E-state index in [1.807, 2.05) is 116 Å². The fraction of sp³-hybridized carbons (Fsp3) is 0.0278. The monoisotopic (exact) mass is 549 g/mol. The Labute approximate surface area is 244 Å². The van der Waals surface area contributed by atoms with Crippen LogP contribution in [-0.4, -0.2) is 17.6 Å². The van der Waals surface area contributed by atoms with Gasteiger partial charge in [0.25, 0.3) is 11.8 Å². The van der Waals surface area contributed by atoms with Gasteiger partial charge in [0.15, 0.2) is 0 Å². The molecular weight excluding hydrogens is 522 g/mol. The van der Waals surface area contributed by atoms with E-state index >= 15 is 0 Å². The maximum atomic E-state index is 13.8. The van der Waals surface area contributed by atoms with Crippen LogP contribution in [0.3, 0.4) is 0 Å². The number of amidine groups is 1. The first-order valence-electron chi connectivity index (χ1n) is 13.5. The van der Waals surface area contributed by atoms with Crippen molar-refractivity contribution in [3.05, 3.63) is 161 Å². The van der Waals surface area contributed by atoms with Gasteiger partial charge in [0.1, 0.15) is 23.0 Å². The molecular formula is C36H27N3O3. The van der Waals surface area contributed by atoms with Gasteiger partial charge in [0.2, 0.25) is 0 Å². The number of carbonyl (C=O) groups is 2. The zero-order valence-electron chi connectivity index (χ0n) is 22.9. The van der Waals surface area contributed by atoms with Crippen LogP contribution in [-0.2, 0) is 4.79 Å². The third-order valence-corrected chi connectivity index (χ3v) is 6.73. The van der Waals surface area contributed by atoms with E-state index in [2.05, 4.69) is 5.32 Å². The Bertz CT molecular complexity index is 1790. The zero-order valence-corrected chi connectivity index (χ0v) is 22.9. The highest BCUT2D eigenvalue weighted by molar-refractivity contribution is 6.33. The van der Waals surface area contributed by atoms with Crippen LogP contribution >= 0.6 is 0 Å². The average molecular weight is 550 g/mol. The van der Waals surface area contributed by atoms with Crippen LogP contribution in [0.25, 0.3) is 6.08 Å². The Hall–Kier alpha value is -5.75. The summed E-state index contributed by atoms with van der Waals surface area (Å²) < 4.78 is 5.97. The second kappa shape index (κ2) is 11.8. The summed E-state index contributed by atoms with van der Waals surface area (Å²) in [5.74, 6) is 1.41. The normalized spacial score (nSPS) is 13.6. The number of nitrogens with one attached hydrogen (secondary N) is 1. The van der Waals surface area contributed by atoms with Gasteiger partial charge in [0, 0.05) is 16.8 Å². The molecule has 5 aromatic carbocycles. The predicted molar refractivity (Wildman–Crippen MR) is 167 cm³/mol. The lowest BCUT2D eigenvalue weighted by atomic mass is 10.1. The first-order valence-corrected chi connectivity index (χ1v) is 13.5. The number of ether oxygens (including phenoxy) is 1. The third-order valence-electron chi connectivity index (χ3n) is 6.73. The van der Waals surface area contributed by atoms with Gasteiger partial charge in [0.05, 0.1) is 5.69 Å². The van der Waals surface area contributed by atoms with Crippen molar-refractivity contribution in [1.82, 2.24) is 0 Å². The third kappa shape index (κ3) is 5.88. The largest absolute Gasteiger partial charge is 0.457 e. The van der Waals surface area contributed by atoms with E-state index in [-0.39, 0.29) is 11.8 Å². The van der Waals surface area contributed by atoms with Crippen LogP contribution in [0.4, 0.5) is 11.4 Å². The van der Waals surface area contributed by atoms with Crippen molar-refractivity contribution in [2.45, 2.75) is 6.92 Å². The van der Waals surface area contributed by atoms with Crippen molar-refractivity contribution in [2.24, 2.45) is 4.99 Å². The number of benzene rings is 5. The van der Waals surface area contributed by atoms with Gasteiger partial charge in [-0.15, -0.1) is 0 Å². The summed E-state index contributed by atoms with van der Waals surface area (Å²) in [5, 5.41) is 2.91. The molecule has 1 N–H and O–H groups in total. The summed E-state index contributed by atoms with van der Waals surface area (Å²) in [5.41, 5.74) is 4.81. The summed E-state index contributed by atoms with van der Waals surface area (Å²) in [6, 6.07) is 41.2. The number of hydrogen-bond acceptors (Lipinski definition) is 4. The molecule has 0 radical (unpaired) electrons. The van der Waals surface area contributed by atoms with Crippen LogP contribution in [0.1, 0.15) is 27.0 Å². The van der Waals surface area contributed by atoms with E-state index < -0.39 is 0 Å². The van der Waals surface area contributed by atoms with Gasteiger partial charge in [-0.05, 0) is 79.2 Å². The van der Waals surface area contributed by atoms with E-state index in [0.29, 0.717) is 28.5 Å². The van der Waals surface area contributed by atoms with Crippen molar-refractivity contribution in [3.63, 3.8) is 0 Å². The lowest BCUT2D eigenvalue weighted by molar-refractivity contribution is -0.113. The number of amides is 2. The summed E-state index contributed by atoms with van der Waals surface area (Å²) in [7, 11) is 0. The highest BCUT2D eigenvalue weighted by Crippen LogP contribution is 2.29. The Balaban J connectivity index is 1.28. The van der Waals surface area contributed by atoms with Gasteiger partial charge >= 0.3 is 0 Å². The van der Waals surface area contributed by atoms with Crippen LogP contribution in [0.5, 0.6) is 11.5 Å². The first-order chi connectivity index (χ1) is 20.5. The number of para-hydroxylation sites is 1. The SMILES string of the molecule is Cc1ccc(NC(=O)c2ccc(N3C(=O)C(=Cc4cccc(Oc5ccccc5)c4)N=C3c3ccccc3)cc2)cc1. The van der Waals surface area contributed by atoms with Crippen molar-refractivity contribution in [1.29, 1.82) is 0 Å². The van der Waals surface area contributed by atoms with Crippen LogP contribution in [0, 0.1) is 6.92 Å². The maximum Gasteiger partial charge on any atom is 0.282 e. The maximum absolute atomic E-state index is 13.8. The number of hydrogen-bond donors (Lipinski definition) is 1. The van der Waals surface area contributed by atoms with Gasteiger partial charge < -0.3 is 10.1 Å². The molecule has 0 unspecified atom stereocenters. The molecule has 204 valence electrons.